The van der Waals surface area contributed by atoms with E-state index in [4.69, 9.17) is 11.6 Å². The van der Waals surface area contributed by atoms with Crippen LogP contribution in [-0.2, 0) is 5.41 Å². The van der Waals surface area contributed by atoms with Gasteiger partial charge < -0.3 is 21.8 Å². The Hall–Kier alpha value is -5.22. The number of allylic oxidation sites excluding steroid dienone is 1. The van der Waals surface area contributed by atoms with Crippen molar-refractivity contribution in [2.75, 3.05) is 5.32 Å². The van der Waals surface area contributed by atoms with Gasteiger partial charge in [0.2, 0.25) is 0 Å². The molecule has 216 valence electrons. The fraction of sp³-hybridized carbons (Fsp3) is 0.241. The molecule has 0 aliphatic carbocycles. The minimum atomic E-state index is -1.03. The summed E-state index contributed by atoms with van der Waals surface area (Å²) in [6.07, 6.45) is 5.20. The maximum atomic E-state index is 13.7. The van der Waals surface area contributed by atoms with Gasteiger partial charge in [-0.1, -0.05) is 18.7 Å². The Bertz CT molecular complexity index is 1630. The Morgan fingerprint density at radius 1 is 1.12 bits per heavy atom. The quantitative estimate of drug-likeness (QED) is 0.189. The lowest BCUT2D eigenvalue weighted by molar-refractivity contribution is 0.0935. The Morgan fingerprint density at radius 2 is 1.86 bits per heavy atom. The molecule has 0 radical (unpaired) electrons. The van der Waals surface area contributed by atoms with Crippen LogP contribution in [0.2, 0.25) is 0 Å². The lowest BCUT2D eigenvalue weighted by atomic mass is 9.79. The van der Waals surface area contributed by atoms with E-state index in [0.717, 1.165) is 23.4 Å². The third-order valence-corrected chi connectivity index (χ3v) is 6.95. The van der Waals surface area contributed by atoms with Crippen LogP contribution in [0.3, 0.4) is 0 Å². The molecule has 11 nitrogen and oxygen atoms in total. The van der Waals surface area contributed by atoms with Crippen molar-refractivity contribution in [2.24, 2.45) is 16.6 Å². The van der Waals surface area contributed by atoms with Gasteiger partial charge in [0.05, 0.1) is 24.0 Å². The van der Waals surface area contributed by atoms with Gasteiger partial charge in [-0.3, -0.25) is 9.78 Å². The Balaban J connectivity index is 1.53. The van der Waals surface area contributed by atoms with E-state index in [2.05, 4.69) is 42.6 Å². The number of benzene rings is 1. The second-order valence-corrected chi connectivity index (χ2v) is 10.1. The van der Waals surface area contributed by atoms with Crippen molar-refractivity contribution in [3.63, 3.8) is 0 Å². The molecule has 2 aromatic heterocycles. The number of anilines is 1. The molecule has 0 saturated carbocycles. The molecule has 13 heteroatoms. The zero-order valence-electron chi connectivity index (χ0n) is 23.2. The number of aromatic nitrogens is 3. The number of nitrogens with two attached hydrogens (primary N) is 2. The average molecular weight is 573 g/mol. The normalized spacial score (nSPS) is 17.6. The number of hydrogen-bond acceptors (Lipinski definition) is 10. The molecule has 1 aromatic carbocycles. The van der Waals surface area contributed by atoms with Gasteiger partial charge in [-0.2, -0.15) is 5.26 Å². The van der Waals surface area contributed by atoms with Gasteiger partial charge in [0.25, 0.3) is 5.91 Å². The van der Waals surface area contributed by atoms with Crippen LogP contribution in [0.25, 0.3) is 0 Å². The van der Waals surface area contributed by atoms with Gasteiger partial charge in [-0.15, -0.1) is 0 Å². The number of hydrazine groups is 1. The van der Waals surface area contributed by atoms with Crippen LogP contribution in [0.1, 0.15) is 72.3 Å². The van der Waals surface area contributed by atoms with E-state index in [1.54, 1.807) is 19.3 Å². The molecule has 1 aliphatic heterocycles. The molecule has 42 heavy (non-hydrogen) atoms. The number of amides is 1. The first kappa shape index (κ1) is 29.8. The number of halogens is 2. The lowest BCUT2D eigenvalue weighted by Gasteiger charge is -2.30. The first-order valence-electron chi connectivity index (χ1n) is 12.9. The Labute approximate surface area is 241 Å². The number of pyridine rings is 1. The smallest absolute Gasteiger partial charge is 0.274 e. The molecule has 4 rings (SSSR count). The summed E-state index contributed by atoms with van der Waals surface area (Å²) >= 11 is 0. The van der Waals surface area contributed by atoms with E-state index in [-0.39, 0.29) is 23.2 Å². The number of hydrogen-bond donors (Lipinski definition) is 5. The SMILES string of the molecule is C=C(N)C1=C(NN)N=CC(C)(c2ccc(C(C)Nc3ncc(C#N)nc3C(=O)NC(C)c3ccc(F)c(F)c3)cn2)C1. The fourth-order valence-electron chi connectivity index (χ4n) is 4.45. The molecule has 1 aliphatic rings. The molecule has 0 spiro atoms. The van der Waals surface area contributed by atoms with E-state index in [1.165, 1.54) is 12.3 Å². The average Bonchev–Trinajstić information content (AvgIpc) is 2.98. The van der Waals surface area contributed by atoms with Crippen molar-refractivity contribution in [1.29, 1.82) is 5.26 Å². The van der Waals surface area contributed by atoms with Gasteiger partial charge in [0.15, 0.2) is 28.8 Å². The number of carbonyl (C=O) groups excluding carboxylic acids is 1. The van der Waals surface area contributed by atoms with Crippen LogP contribution in [-0.4, -0.2) is 27.1 Å². The maximum Gasteiger partial charge on any atom is 0.274 e. The fourth-order valence-corrected chi connectivity index (χ4v) is 4.45. The predicted molar refractivity (Wildman–Crippen MR) is 153 cm³/mol. The third-order valence-electron chi connectivity index (χ3n) is 6.95. The summed E-state index contributed by atoms with van der Waals surface area (Å²) in [6.45, 7) is 9.26. The molecule has 0 saturated heterocycles. The number of nitrogens with zero attached hydrogens (tertiary/aromatic N) is 5. The van der Waals surface area contributed by atoms with Crippen LogP contribution < -0.4 is 27.6 Å². The molecular weight excluding hydrogens is 542 g/mol. The van der Waals surface area contributed by atoms with Crippen LogP contribution in [0, 0.1) is 23.0 Å². The Kier molecular flexibility index (Phi) is 8.58. The monoisotopic (exact) mass is 572 g/mol. The van der Waals surface area contributed by atoms with Crippen LogP contribution in [0.4, 0.5) is 14.6 Å². The highest BCUT2D eigenvalue weighted by Crippen LogP contribution is 2.34. The summed E-state index contributed by atoms with van der Waals surface area (Å²) in [5, 5.41) is 15.2. The first-order valence-corrected chi connectivity index (χ1v) is 12.9. The highest BCUT2D eigenvalue weighted by atomic mass is 19.2. The second-order valence-electron chi connectivity index (χ2n) is 10.1. The summed E-state index contributed by atoms with van der Waals surface area (Å²) < 4.78 is 27.1. The molecule has 3 heterocycles. The topological polar surface area (TPSA) is 180 Å². The maximum absolute atomic E-state index is 13.7. The van der Waals surface area contributed by atoms with E-state index in [0.29, 0.717) is 29.1 Å². The van der Waals surface area contributed by atoms with Crippen molar-refractivity contribution in [2.45, 2.75) is 44.7 Å². The minimum Gasteiger partial charge on any atom is -0.399 e. The zero-order valence-corrected chi connectivity index (χ0v) is 23.2. The summed E-state index contributed by atoms with van der Waals surface area (Å²) in [5.41, 5.74) is 10.7. The van der Waals surface area contributed by atoms with Gasteiger partial charge in [0.1, 0.15) is 11.9 Å². The van der Waals surface area contributed by atoms with E-state index in [9.17, 15) is 18.8 Å². The minimum absolute atomic E-state index is 0.0613. The number of nitrogens with one attached hydrogen (secondary N) is 3. The number of carbonyl (C=O) groups is 1. The molecule has 3 atom stereocenters. The van der Waals surface area contributed by atoms with Gasteiger partial charge in [0, 0.05) is 29.1 Å². The standard InChI is InChI=1S/C29H30F2N10O/c1-15(33)21-10-29(4,14-37-26(21)41-34)24-8-6-19(12-35-24)17(3)38-27-25(40-20(11-32)13-36-27)28(42)39-16(2)18-5-7-22(30)23(31)9-18/h5-9,12-14,16-17,41H,1,10,33-34H2,2-4H3,(H,36,38)(H,39,42). The molecule has 7 N–H and O–H groups in total. The van der Waals surface area contributed by atoms with Gasteiger partial charge in [-0.05, 0) is 56.5 Å². The van der Waals surface area contributed by atoms with Crippen LogP contribution in [0.15, 0.2) is 71.4 Å². The number of nitriles is 1. The summed E-state index contributed by atoms with van der Waals surface area (Å²) in [5.74, 6) is 3.48. The van der Waals surface area contributed by atoms with Crippen molar-refractivity contribution < 1.29 is 13.6 Å². The molecule has 0 bridgehead atoms. The lowest BCUT2D eigenvalue weighted by Crippen LogP contribution is -2.34. The molecule has 3 aromatic rings. The van der Waals surface area contributed by atoms with Crippen LogP contribution >= 0.6 is 0 Å². The highest BCUT2D eigenvalue weighted by Gasteiger charge is 2.32. The highest BCUT2D eigenvalue weighted by molar-refractivity contribution is 5.97. The summed E-state index contributed by atoms with van der Waals surface area (Å²) in [4.78, 5) is 30.6. The van der Waals surface area contributed by atoms with Crippen LogP contribution in [0.5, 0.6) is 0 Å². The van der Waals surface area contributed by atoms with E-state index < -0.39 is 29.0 Å². The van der Waals surface area contributed by atoms with Gasteiger partial charge in [-0.25, -0.2) is 29.6 Å². The largest absolute Gasteiger partial charge is 0.399 e. The Morgan fingerprint density at radius 3 is 2.48 bits per heavy atom. The zero-order chi connectivity index (χ0) is 30.6. The van der Waals surface area contributed by atoms with E-state index >= 15 is 0 Å². The molecule has 0 fully saturated rings. The number of aliphatic imine (C=N–C) groups is 1. The van der Waals surface area contributed by atoms with Crippen molar-refractivity contribution >= 4 is 17.9 Å². The molecular formula is C29H30F2N10O. The second kappa shape index (κ2) is 12.1. The van der Waals surface area contributed by atoms with E-state index in [1.807, 2.05) is 32.0 Å². The first-order chi connectivity index (χ1) is 19.9. The van der Waals surface area contributed by atoms with Crippen molar-refractivity contribution in [3.05, 3.63) is 106 Å². The number of rotatable bonds is 9. The van der Waals surface area contributed by atoms with Gasteiger partial charge >= 0.3 is 0 Å². The van der Waals surface area contributed by atoms with Crippen molar-refractivity contribution in [1.82, 2.24) is 25.7 Å². The summed E-state index contributed by atoms with van der Waals surface area (Å²) in [6, 6.07) is 7.94. The van der Waals surface area contributed by atoms with Crippen molar-refractivity contribution in [3.8, 4) is 6.07 Å². The molecule has 3 unspecified atom stereocenters. The molecule has 1 amide bonds. The third kappa shape index (κ3) is 6.24. The predicted octanol–water partition coefficient (Wildman–Crippen LogP) is 3.57. The summed E-state index contributed by atoms with van der Waals surface area (Å²) in [7, 11) is 0.